The molecule has 0 aliphatic carbocycles. The van der Waals surface area contributed by atoms with Crippen LogP contribution in [0.5, 0.6) is 0 Å². The number of rotatable bonds is 5. The van der Waals surface area contributed by atoms with Crippen LogP contribution >= 0.6 is 24.0 Å². The van der Waals surface area contributed by atoms with Gasteiger partial charge in [-0.05, 0) is 30.2 Å². The lowest BCUT2D eigenvalue weighted by Crippen LogP contribution is -2.37. The van der Waals surface area contributed by atoms with Crippen LogP contribution in [0.4, 0.5) is 5.82 Å². The number of aromatic nitrogens is 1. The summed E-state index contributed by atoms with van der Waals surface area (Å²) in [6, 6.07) is 20.4. The molecule has 2 saturated heterocycles. The highest BCUT2D eigenvalue weighted by Crippen LogP contribution is 2.35. The summed E-state index contributed by atoms with van der Waals surface area (Å²) in [6.45, 7) is 3.50. The average Bonchev–Trinajstić information content (AvgIpc) is 3.10. The number of hydrogen-bond acceptors (Lipinski definition) is 6. The molecule has 1 amide bonds. The molecule has 1 aromatic heterocycles. The normalized spacial score (nSPS) is 18.2. The third-order valence-corrected chi connectivity index (χ3v) is 7.05. The molecular weight excluding hydrogens is 438 g/mol. The largest absolute Gasteiger partial charge is 0.378 e. The van der Waals surface area contributed by atoms with E-state index in [1.165, 1.54) is 17.3 Å². The Hall–Kier alpha value is -2.74. The number of para-hydroxylation sites is 1. The zero-order chi connectivity index (χ0) is 21.9. The minimum absolute atomic E-state index is 0.0305. The Labute approximate surface area is 197 Å². The van der Waals surface area contributed by atoms with Gasteiger partial charge in [0.05, 0.1) is 23.6 Å². The lowest BCUT2D eigenvalue weighted by Gasteiger charge is -2.29. The molecule has 0 atom stereocenters. The van der Waals surface area contributed by atoms with Gasteiger partial charge >= 0.3 is 0 Å². The van der Waals surface area contributed by atoms with Gasteiger partial charge in [0.15, 0.2) is 0 Å². The Kier molecular flexibility index (Phi) is 6.21. The predicted octanol–water partition coefficient (Wildman–Crippen LogP) is 4.52. The van der Waals surface area contributed by atoms with E-state index >= 15 is 0 Å². The number of anilines is 1. The molecule has 0 N–H and O–H groups in total. The molecule has 5 nitrogen and oxygen atoms in total. The number of thiocarbonyl (C=S) groups is 1. The number of carbonyl (C=O) groups excluding carboxylic acids is 1. The topological polar surface area (TPSA) is 45.7 Å². The number of hydrogen-bond donors (Lipinski definition) is 0. The monoisotopic (exact) mass is 461 g/mol. The van der Waals surface area contributed by atoms with Crippen LogP contribution in [0, 0.1) is 0 Å². The van der Waals surface area contributed by atoms with Crippen LogP contribution in [0.25, 0.3) is 17.0 Å². The highest BCUT2D eigenvalue weighted by Gasteiger charge is 2.32. The van der Waals surface area contributed by atoms with Crippen molar-refractivity contribution in [2.75, 3.05) is 37.7 Å². The first-order valence-electron chi connectivity index (χ1n) is 10.7. The second kappa shape index (κ2) is 9.40. The van der Waals surface area contributed by atoms with Gasteiger partial charge in [0.2, 0.25) is 0 Å². The summed E-state index contributed by atoms with van der Waals surface area (Å²) in [5.41, 5.74) is 3.08. The summed E-state index contributed by atoms with van der Waals surface area (Å²) in [7, 11) is 0. The molecule has 2 aliphatic heterocycles. The van der Waals surface area contributed by atoms with Crippen molar-refractivity contribution in [1.29, 1.82) is 0 Å². The van der Waals surface area contributed by atoms with Crippen LogP contribution in [0.2, 0.25) is 0 Å². The van der Waals surface area contributed by atoms with Crippen molar-refractivity contribution in [2.45, 2.75) is 6.42 Å². The fourth-order valence-corrected chi connectivity index (χ4v) is 5.28. The number of benzene rings is 2. The highest BCUT2D eigenvalue weighted by atomic mass is 32.2. The van der Waals surface area contributed by atoms with Gasteiger partial charge in [-0.1, -0.05) is 72.5 Å². The van der Waals surface area contributed by atoms with Gasteiger partial charge in [0.25, 0.3) is 5.91 Å². The number of pyridine rings is 1. The van der Waals surface area contributed by atoms with E-state index in [1.807, 2.05) is 48.5 Å². The Morgan fingerprint density at radius 2 is 1.81 bits per heavy atom. The van der Waals surface area contributed by atoms with Crippen molar-refractivity contribution in [1.82, 2.24) is 9.88 Å². The lowest BCUT2D eigenvalue weighted by atomic mass is 10.1. The summed E-state index contributed by atoms with van der Waals surface area (Å²) in [5.74, 6) is 0.860. The molecule has 0 bridgehead atoms. The molecule has 32 heavy (non-hydrogen) atoms. The van der Waals surface area contributed by atoms with E-state index in [4.69, 9.17) is 21.9 Å². The van der Waals surface area contributed by atoms with E-state index in [2.05, 4.69) is 23.1 Å². The first-order chi connectivity index (χ1) is 15.7. The summed E-state index contributed by atoms with van der Waals surface area (Å²) < 4.78 is 6.13. The maximum absolute atomic E-state index is 13.2. The fraction of sp³-hybridized carbons (Fsp3) is 0.240. The lowest BCUT2D eigenvalue weighted by molar-refractivity contribution is -0.122. The number of ether oxygens (including phenoxy) is 1. The van der Waals surface area contributed by atoms with Crippen LogP contribution in [0.1, 0.15) is 11.1 Å². The molecule has 0 unspecified atom stereocenters. The van der Waals surface area contributed by atoms with Crippen LogP contribution in [-0.4, -0.2) is 53.0 Å². The Balaban J connectivity index is 1.45. The molecule has 3 aromatic rings. The molecule has 3 heterocycles. The third-order valence-electron chi connectivity index (χ3n) is 5.67. The van der Waals surface area contributed by atoms with Crippen LogP contribution in [0.15, 0.2) is 65.6 Å². The molecule has 5 rings (SSSR count). The van der Waals surface area contributed by atoms with Crippen molar-refractivity contribution in [3.8, 4) is 0 Å². The Morgan fingerprint density at radius 1 is 1.06 bits per heavy atom. The van der Waals surface area contributed by atoms with Gasteiger partial charge in [-0.3, -0.25) is 9.69 Å². The molecule has 2 aliphatic rings. The summed E-state index contributed by atoms with van der Waals surface area (Å²) in [4.78, 5) is 22.7. The SMILES string of the molecule is O=C1/C(=C/c2cc3ccccc3nc2N2CCOCC2)SC(=S)N1CCc1ccccc1. The first-order valence-corrected chi connectivity index (χ1v) is 11.9. The molecule has 162 valence electrons. The maximum atomic E-state index is 13.2. The van der Waals surface area contributed by atoms with E-state index in [9.17, 15) is 4.79 Å². The summed E-state index contributed by atoms with van der Waals surface area (Å²) in [6.07, 6.45) is 2.73. The van der Waals surface area contributed by atoms with Crippen LogP contribution in [0.3, 0.4) is 0 Å². The van der Waals surface area contributed by atoms with Gasteiger partial charge in [-0.25, -0.2) is 4.98 Å². The van der Waals surface area contributed by atoms with Gasteiger partial charge in [0, 0.05) is 30.6 Å². The molecule has 7 heteroatoms. The minimum atomic E-state index is -0.0305. The highest BCUT2D eigenvalue weighted by molar-refractivity contribution is 8.26. The second-order valence-electron chi connectivity index (χ2n) is 7.76. The number of thioether (sulfide) groups is 1. The number of carbonyl (C=O) groups is 1. The van der Waals surface area contributed by atoms with Gasteiger partial charge in [-0.2, -0.15) is 0 Å². The van der Waals surface area contributed by atoms with Crippen LogP contribution < -0.4 is 4.90 Å². The smallest absolute Gasteiger partial charge is 0.266 e. The zero-order valence-electron chi connectivity index (χ0n) is 17.6. The number of amides is 1. The Bertz CT molecular complexity index is 1190. The second-order valence-corrected chi connectivity index (χ2v) is 9.44. The van der Waals surface area contributed by atoms with Gasteiger partial charge in [0.1, 0.15) is 10.1 Å². The number of morpholine rings is 1. The van der Waals surface area contributed by atoms with E-state index in [0.717, 1.165) is 41.8 Å². The van der Waals surface area contributed by atoms with Crippen molar-refractivity contribution >= 4 is 57.0 Å². The molecule has 2 aromatic carbocycles. The van der Waals surface area contributed by atoms with E-state index < -0.39 is 0 Å². The average molecular weight is 462 g/mol. The number of fused-ring (bicyclic) bond motifs is 1. The quantitative estimate of drug-likeness (QED) is 0.411. The van der Waals surface area contributed by atoms with Crippen molar-refractivity contribution in [3.63, 3.8) is 0 Å². The fourth-order valence-electron chi connectivity index (χ4n) is 3.98. The first kappa shape index (κ1) is 21.1. The molecule has 0 radical (unpaired) electrons. The summed E-state index contributed by atoms with van der Waals surface area (Å²) >= 11 is 6.92. The van der Waals surface area contributed by atoms with Crippen molar-refractivity contribution in [2.24, 2.45) is 0 Å². The van der Waals surface area contributed by atoms with Crippen molar-refractivity contribution < 1.29 is 9.53 Å². The predicted molar refractivity (Wildman–Crippen MR) is 135 cm³/mol. The van der Waals surface area contributed by atoms with E-state index in [-0.39, 0.29) is 5.91 Å². The molecular formula is C25H23N3O2S2. The minimum Gasteiger partial charge on any atom is -0.378 e. The Morgan fingerprint density at radius 3 is 2.62 bits per heavy atom. The zero-order valence-corrected chi connectivity index (χ0v) is 19.2. The van der Waals surface area contributed by atoms with Crippen molar-refractivity contribution in [3.05, 3.63) is 76.7 Å². The molecule has 2 fully saturated rings. The molecule has 0 saturated carbocycles. The van der Waals surface area contributed by atoms with Crippen LogP contribution in [-0.2, 0) is 16.0 Å². The van der Waals surface area contributed by atoms with E-state index in [1.54, 1.807) is 4.90 Å². The van der Waals surface area contributed by atoms with Gasteiger partial charge < -0.3 is 9.64 Å². The third kappa shape index (κ3) is 4.41. The van der Waals surface area contributed by atoms with Gasteiger partial charge in [-0.15, -0.1) is 0 Å². The molecule has 0 spiro atoms. The van der Waals surface area contributed by atoms with E-state index in [0.29, 0.717) is 29.0 Å². The summed E-state index contributed by atoms with van der Waals surface area (Å²) in [5, 5.41) is 1.05. The standard InChI is InChI=1S/C25H23N3O2S2/c29-24-22(32-25(31)28(24)11-10-18-6-2-1-3-7-18)17-20-16-19-8-4-5-9-21(19)26-23(20)27-12-14-30-15-13-27/h1-9,16-17H,10-15H2/b22-17-. The maximum Gasteiger partial charge on any atom is 0.266 e. The number of nitrogens with zero attached hydrogens (tertiary/aromatic N) is 3.